The number of hydrogen-bond donors (Lipinski definition) is 4. The number of rotatable bonds is 12. The Balaban J connectivity index is 1.41. The van der Waals surface area contributed by atoms with E-state index in [1.807, 2.05) is 10.6 Å². The largest absolute Gasteiger partial charge is 0.490 e. The van der Waals surface area contributed by atoms with Gasteiger partial charge in [-0.2, -0.15) is 13.2 Å². The van der Waals surface area contributed by atoms with Crippen LogP contribution in [0.15, 0.2) is 36.4 Å². The van der Waals surface area contributed by atoms with Crippen molar-refractivity contribution >= 4 is 40.4 Å². The highest BCUT2D eigenvalue weighted by molar-refractivity contribution is 6.36. The highest BCUT2D eigenvalue weighted by Crippen LogP contribution is 2.44. The summed E-state index contributed by atoms with van der Waals surface area (Å²) in [6, 6.07) is 8.08. The van der Waals surface area contributed by atoms with E-state index in [0.29, 0.717) is 47.7 Å². The van der Waals surface area contributed by atoms with Crippen LogP contribution < -0.4 is 26.3 Å². The third kappa shape index (κ3) is 7.94. The summed E-state index contributed by atoms with van der Waals surface area (Å²) in [5.41, 5.74) is 12.0. The van der Waals surface area contributed by atoms with Crippen molar-refractivity contribution < 1.29 is 37.0 Å². The highest BCUT2D eigenvalue weighted by atomic mass is 35.5. The van der Waals surface area contributed by atoms with Crippen LogP contribution in [0, 0.1) is 5.41 Å². The van der Waals surface area contributed by atoms with Crippen molar-refractivity contribution in [3.63, 3.8) is 0 Å². The number of aromatic nitrogens is 1. The lowest BCUT2D eigenvalue weighted by Gasteiger charge is -2.17. The van der Waals surface area contributed by atoms with E-state index in [9.17, 15) is 22.8 Å². The first-order chi connectivity index (χ1) is 20.7. The lowest BCUT2D eigenvalue weighted by Crippen LogP contribution is -2.36. The smallest absolute Gasteiger partial charge is 0.419 e. The van der Waals surface area contributed by atoms with Gasteiger partial charge in [-0.3, -0.25) is 10.2 Å². The maximum Gasteiger partial charge on any atom is 0.419 e. The van der Waals surface area contributed by atoms with Crippen molar-refractivity contribution in [1.82, 2.24) is 9.88 Å². The number of alkyl halides is 3. The number of guanidine groups is 1. The fourth-order valence-corrected chi connectivity index (χ4v) is 5.58. The molecule has 2 heterocycles. The summed E-state index contributed by atoms with van der Waals surface area (Å²) in [4.78, 5) is 24.9. The fraction of sp³-hybridized carbons (Fsp3) is 0.433. The minimum Gasteiger partial charge on any atom is -0.490 e. The molecule has 4 rings (SSSR count). The summed E-state index contributed by atoms with van der Waals surface area (Å²) in [6.45, 7) is 4.16. The Morgan fingerprint density at radius 3 is 2.64 bits per heavy atom. The first-order valence-electron chi connectivity index (χ1n) is 14.1. The molecule has 0 saturated heterocycles. The van der Waals surface area contributed by atoms with Crippen LogP contribution in [0.2, 0.25) is 5.02 Å². The summed E-state index contributed by atoms with van der Waals surface area (Å²) in [5.74, 6) is -1.84. The summed E-state index contributed by atoms with van der Waals surface area (Å²) < 4.78 is 59.0. The van der Waals surface area contributed by atoms with Crippen molar-refractivity contribution in [2.24, 2.45) is 11.5 Å². The van der Waals surface area contributed by atoms with E-state index < -0.39 is 35.8 Å². The van der Waals surface area contributed by atoms with E-state index in [1.54, 1.807) is 26.0 Å². The number of benzene rings is 2. The number of nitrogens with two attached hydrogens (primary N) is 2. The molecule has 10 nitrogen and oxygen atoms in total. The number of fused-ring (bicyclic) bond motifs is 3. The molecule has 0 fully saturated rings. The van der Waals surface area contributed by atoms with Gasteiger partial charge < -0.3 is 35.6 Å². The van der Waals surface area contributed by atoms with Crippen LogP contribution in [0.5, 0.6) is 11.5 Å². The monoisotopic (exact) mass is 637 g/mol. The summed E-state index contributed by atoms with van der Waals surface area (Å²) in [5, 5.41) is 10.8. The van der Waals surface area contributed by atoms with Crippen LogP contribution in [0.3, 0.4) is 0 Å². The zero-order chi connectivity index (χ0) is 32.2. The Hall–Kier alpha value is -3.97. The molecular weight excluding hydrogens is 603 g/mol. The average Bonchev–Trinajstić information content (AvgIpc) is 3.47. The fourth-order valence-electron chi connectivity index (χ4n) is 5.17. The quantitative estimate of drug-likeness (QED) is 0.0693. The van der Waals surface area contributed by atoms with Crippen LogP contribution >= 0.6 is 11.6 Å². The number of halogens is 4. The maximum absolute atomic E-state index is 13.6. The van der Waals surface area contributed by atoms with Gasteiger partial charge in [-0.05, 0) is 69.0 Å². The van der Waals surface area contributed by atoms with Crippen molar-refractivity contribution in [3.8, 4) is 11.5 Å². The summed E-state index contributed by atoms with van der Waals surface area (Å²) >= 11 is 6.76. The first kappa shape index (κ1) is 32.9. The second-order valence-corrected chi connectivity index (χ2v) is 11.3. The van der Waals surface area contributed by atoms with Gasteiger partial charge in [-0.25, -0.2) is 4.79 Å². The van der Waals surface area contributed by atoms with Crippen molar-refractivity contribution in [2.75, 3.05) is 6.54 Å². The SMILES string of the molecule is CC(C)Oc1ccc(COc2ccc3c(c2)c(Cl)c2n3CCC2CC(=O)OC(=O)[C@@H](N)CCCNC(=N)N)cc1C(F)(F)F. The molecule has 6 N–H and O–H groups in total. The standard InChI is InChI=1S/C30H35ClF3N5O5/c1-16(2)43-24-8-5-17(12-21(24)30(32,33)34)15-42-19-6-7-23-20(14-19)26(31)27-18(9-11-39(23)27)13-25(40)44-28(41)22(35)4-3-10-38-29(36)37/h5-8,12,14,16,18,22H,3-4,9-11,13,15,35H2,1-2H3,(H4,36,37,38)/t18?,22-/m0/s1. The molecule has 0 radical (unpaired) electrons. The molecule has 0 aliphatic carbocycles. The molecule has 3 aromatic rings. The van der Waals surface area contributed by atoms with Gasteiger partial charge in [0.05, 0.1) is 28.6 Å². The molecular formula is C30H35ClF3N5O5. The van der Waals surface area contributed by atoms with E-state index in [2.05, 4.69) is 5.32 Å². The van der Waals surface area contributed by atoms with Gasteiger partial charge in [-0.1, -0.05) is 17.7 Å². The molecule has 0 amide bonds. The lowest BCUT2D eigenvalue weighted by molar-refractivity contribution is -0.161. The molecule has 238 valence electrons. The molecule has 14 heteroatoms. The first-order valence-corrected chi connectivity index (χ1v) is 14.5. The van der Waals surface area contributed by atoms with E-state index in [1.165, 1.54) is 12.1 Å². The number of nitrogens with one attached hydrogen (secondary N) is 2. The van der Waals surface area contributed by atoms with Gasteiger partial charge in [0, 0.05) is 30.1 Å². The Morgan fingerprint density at radius 2 is 1.95 bits per heavy atom. The van der Waals surface area contributed by atoms with E-state index >= 15 is 0 Å². The Kier molecular flexibility index (Phi) is 10.3. The van der Waals surface area contributed by atoms with Crippen molar-refractivity contribution in [1.29, 1.82) is 5.41 Å². The minimum atomic E-state index is -4.59. The normalized spacial score (nSPS) is 15.2. The molecule has 0 bridgehead atoms. The third-order valence-corrected chi connectivity index (χ3v) is 7.55. The topological polar surface area (TPSA) is 155 Å². The molecule has 0 spiro atoms. The molecule has 2 aromatic carbocycles. The summed E-state index contributed by atoms with van der Waals surface area (Å²) in [7, 11) is 0. The molecule has 1 aliphatic heterocycles. The number of esters is 2. The van der Waals surface area contributed by atoms with Crippen LogP contribution in [0.25, 0.3) is 10.9 Å². The van der Waals surface area contributed by atoms with Gasteiger partial charge >= 0.3 is 18.1 Å². The molecule has 0 saturated carbocycles. The van der Waals surface area contributed by atoms with Gasteiger partial charge in [0.25, 0.3) is 0 Å². The van der Waals surface area contributed by atoms with Crippen LogP contribution in [-0.2, 0) is 33.7 Å². The van der Waals surface area contributed by atoms with E-state index in [0.717, 1.165) is 17.3 Å². The number of carbonyl (C=O) groups is 2. The summed E-state index contributed by atoms with van der Waals surface area (Å²) in [6.07, 6.45) is -3.74. The minimum absolute atomic E-state index is 0.0677. The van der Waals surface area contributed by atoms with Gasteiger partial charge in [0.15, 0.2) is 5.96 Å². The van der Waals surface area contributed by atoms with E-state index in [-0.39, 0.29) is 37.1 Å². The lowest BCUT2D eigenvalue weighted by atomic mass is 10.00. The van der Waals surface area contributed by atoms with Gasteiger partial charge in [0.2, 0.25) is 0 Å². The molecule has 1 aliphatic rings. The van der Waals surface area contributed by atoms with Gasteiger partial charge in [-0.15, -0.1) is 0 Å². The zero-order valence-corrected chi connectivity index (χ0v) is 25.1. The Bertz CT molecular complexity index is 1540. The van der Waals surface area contributed by atoms with Crippen LogP contribution in [0.1, 0.15) is 62.3 Å². The second-order valence-electron chi connectivity index (χ2n) is 10.9. The number of ether oxygens (including phenoxy) is 3. The average molecular weight is 638 g/mol. The molecule has 2 atom stereocenters. The third-order valence-electron chi connectivity index (χ3n) is 7.15. The van der Waals surface area contributed by atoms with Crippen molar-refractivity contribution in [3.05, 3.63) is 58.2 Å². The second kappa shape index (κ2) is 13.8. The zero-order valence-electron chi connectivity index (χ0n) is 24.3. The number of hydrogen-bond acceptors (Lipinski definition) is 7. The number of nitrogens with zero attached hydrogens (tertiary/aromatic N) is 1. The molecule has 44 heavy (non-hydrogen) atoms. The Morgan fingerprint density at radius 1 is 1.20 bits per heavy atom. The molecule has 1 unspecified atom stereocenters. The van der Waals surface area contributed by atoms with E-state index in [4.69, 9.17) is 42.7 Å². The van der Waals surface area contributed by atoms with Crippen molar-refractivity contribution in [2.45, 2.75) is 76.9 Å². The van der Waals surface area contributed by atoms with Crippen LogP contribution in [-0.4, -0.2) is 41.2 Å². The predicted molar refractivity (Wildman–Crippen MR) is 159 cm³/mol. The van der Waals surface area contributed by atoms with Gasteiger partial charge in [0.1, 0.15) is 24.1 Å². The maximum atomic E-state index is 13.6. The highest BCUT2D eigenvalue weighted by Gasteiger charge is 2.35. The van der Waals surface area contributed by atoms with Crippen LogP contribution in [0.4, 0.5) is 13.2 Å². The predicted octanol–water partition coefficient (Wildman–Crippen LogP) is 5.22. The number of aryl methyl sites for hydroxylation is 1. The number of carbonyl (C=O) groups excluding carboxylic acids is 2. The molecule has 1 aromatic heterocycles. The Labute approximate surface area is 257 Å².